The van der Waals surface area contributed by atoms with E-state index < -0.39 is 5.41 Å². The van der Waals surface area contributed by atoms with E-state index in [-0.39, 0.29) is 24.7 Å². The maximum atomic E-state index is 12.0. The fraction of sp³-hybridized carbons (Fsp3) is 0.407. The summed E-state index contributed by atoms with van der Waals surface area (Å²) < 4.78 is 6.86. The molecule has 0 amide bonds. The minimum Gasteiger partial charge on any atom is -0.442 e. The van der Waals surface area contributed by atoms with E-state index in [1.807, 2.05) is 39.1 Å². The summed E-state index contributed by atoms with van der Waals surface area (Å²) in [6, 6.07) is 6.32. The number of esters is 1. The number of fused-ring (bicyclic) bond motifs is 1. The van der Waals surface area contributed by atoms with Crippen molar-refractivity contribution in [2.75, 3.05) is 23.3 Å². The average molecular weight is 548 g/mol. The lowest BCUT2D eigenvalue weighted by molar-refractivity contribution is -0.157. The molecule has 202 valence electrons. The van der Waals surface area contributed by atoms with Crippen LogP contribution in [0, 0.1) is 5.41 Å². The molecule has 4 heterocycles. The molecule has 0 spiro atoms. The summed E-state index contributed by atoms with van der Waals surface area (Å²) in [5.74, 6) is 1.36. The molecule has 1 atom stereocenters. The van der Waals surface area contributed by atoms with Gasteiger partial charge in [0, 0.05) is 48.0 Å². The van der Waals surface area contributed by atoms with Crippen LogP contribution in [0.15, 0.2) is 43.0 Å². The van der Waals surface area contributed by atoms with Crippen molar-refractivity contribution < 1.29 is 9.53 Å². The molecular formula is C27H30ClN9O2. The molecule has 3 aromatic heterocycles. The summed E-state index contributed by atoms with van der Waals surface area (Å²) >= 11 is 6.13. The van der Waals surface area contributed by atoms with Crippen LogP contribution in [0.4, 0.5) is 11.9 Å². The molecule has 11 nitrogen and oxygen atoms in total. The van der Waals surface area contributed by atoms with E-state index >= 15 is 0 Å². The quantitative estimate of drug-likeness (QED) is 0.332. The number of aromatic amines is 1. The first kappa shape index (κ1) is 25.3. The highest BCUT2D eigenvalue weighted by atomic mass is 35.5. The second kappa shape index (κ2) is 9.96. The van der Waals surface area contributed by atoms with Gasteiger partial charge in [-0.1, -0.05) is 22.9 Å². The predicted octanol–water partition coefficient (Wildman–Crippen LogP) is 3.84. The van der Waals surface area contributed by atoms with Gasteiger partial charge in [0.05, 0.1) is 29.2 Å². The largest absolute Gasteiger partial charge is 0.442 e. The van der Waals surface area contributed by atoms with E-state index in [1.54, 1.807) is 23.3 Å². The zero-order chi connectivity index (χ0) is 27.1. The number of carbonyl (C=O) groups excluding carboxylic acids is 1. The fourth-order valence-electron chi connectivity index (χ4n) is 4.77. The molecule has 1 aliphatic carbocycles. The number of imidazole rings is 1. The molecule has 2 N–H and O–H groups in total. The molecule has 0 bridgehead atoms. The third kappa shape index (κ3) is 5.44. The van der Waals surface area contributed by atoms with Crippen LogP contribution in [-0.4, -0.2) is 60.0 Å². The van der Waals surface area contributed by atoms with E-state index in [4.69, 9.17) is 16.3 Å². The van der Waals surface area contributed by atoms with Crippen molar-refractivity contribution in [3.05, 3.63) is 64.8 Å². The first-order chi connectivity index (χ1) is 18.7. The molecule has 0 radical (unpaired) electrons. The van der Waals surface area contributed by atoms with Crippen LogP contribution >= 0.6 is 11.6 Å². The number of ether oxygens (including phenoxy) is 1. The number of hydrogen-bond donors (Lipinski definition) is 2. The highest BCUT2D eigenvalue weighted by Crippen LogP contribution is 2.31. The van der Waals surface area contributed by atoms with Gasteiger partial charge in [-0.2, -0.15) is 0 Å². The Kier molecular flexibility index (Phi) is 6.46. The highest BCUT2D eigenvalue weighted by Gasteiger charge is 2.32. The van der Waals surface area contributed by atoms with Crippen LogP contribution in [0.1, 0.15) is 43.5 Å². The average Bonchev–Trinajstić information content (AvgIpc) is 3.61. The fourth-order valence-corrected chi connectivity index (χ4v) is 4.97. The molecule has 1 aliphatic heterocycles. The first-order valence-electron chi connectivity index (χ1n) is 12.9. The number of aromatic nitrogens is 7. The second-order valence-electron chi connectivity index (χ2n) is 11.2. The lowest BCUT2D eigenvalue weighted by Gasteiger charge is -2.37. The van der Waals surface area contributed by atoms with E-state index in [9.17, 15) is 4.79 Å². The van der Waals surface area contributed by atoms with Gasteiger partial charge in [0.1, 0.15) is 0 Å². The molecule has 4 aromatic rings. The summed E-state index contributed by atoms with van der Waals surface area (Å²) in [5.41, 5.74) is 4.64. The molecule has 1 saturated heterocycles. The Hall–Kier alpha value is -3.99. The number of hydrogen-bond acceptors (Lipinski definition) is 9. The highest BCUT2D eigenvalue weighted by molar-refractivity contribution is 6.30. The summed E-state index contributed by atoms with van der Waals surface area (Å²) in [6.45, 7) is 7.04. The topological polar surface area (TPSA) is 127 Å². The number of rotatable bonds is 7. The van der Waals surface area contributed by atoms with Crippen LogP contribution in [-0.2, 0) is 29.1 Å². The number of anilines is 2. The van der Waals surface area contributed by atoms with Crippen LogP contribution in [0.3, 0.4) is 0 Å². The van der Waals surface area contributed by atoms with Crippen molar-refractivity contribution in [3.8, 4) is 11.3 Å². The third-order valence-electron chi connectivity index (χ3n) is 7.06. The van der Waals surface area contributed by atoms with Crippen LogP contribution in [0.25, 0.3) is 11.3 Å². The summed E-state index contributed by atoms with van der Waals surface area (Å²) in [5, 5.41) is 12.5. The van der Waals surface area contributed by atoms with Crippen LogP contribution < -0.4 is 10.2 Å². The maximum Gasteiger partial charge on any atom is 0.313 e. The molecule has 1 fully saturated rings. The monoisotopic (exact) mass is 547 g/mol. The SMILES string of the molecule is CC(C)(C)C(=O)OCn1cc(C2CN(c3ncc(-c4cnc(NC5Cc6ccc(Cl)cc6C5)nc4)[nH]3)C2)nn1. The lowest BCUT2D eigenvalue weighted by Crippen LogP contribution is -2.45. The van der Waals surface area contributed by atoms with Gasteiger partial charge in [-0.05, 0) is 56.9 Å². The number of nitrogens with one attached hydrogen (secondary N) is 2. The Morgan fingerprint density at radius 2 is 1.90 bits per heavy atom. The second-order valence-corrected chi connectivity index (χ2v) is 11.6. The third-order valence-corrected chi connectivity index (χ3v) is 7.29. The Bertz CT molecular complexity index is 1490. The van der Waals surface area contributed by atoms with Gasteiger partial charge < -0.3 is 19.9 Å². The van der Waals surface area contributed by atoms with E-state index in [1.165, 1.54) is 11.1 Å². The van der Waals surface area contributed by atoms with Crippen molar-refractivity contribution in [1.29, 1.82) is 0 Å². The molecule has 1 aromatic carbocycles. The Balaban J connectivity index is 1.01. The van der Waals surface area contributed by atoms with E-state index in [2.05, 4.69) is 46.5 Å². The van der Waals surface area contributed by atoms with Gasteiger partial charge >= 0.3 is 5.97 Å². The van der Waals surface area contributed by atoms with Crippen LogP contribution in [0.5, 0.6) is 0 Å². The standard InChI is InChI=1S/C27H30ClN9O2/c1-27(2,3)24(38)39-15-37-14-23(34-35-37)19-12-36(13-19)26-31-11-22(33-26)18-9-29-25(30-10-18)32-21-7-16-4-5-20(28)6-17(16)8-21/h4-6,9-11,14,19,21H,7-8,12-13,15H2,1-3H3,(H,31,33)(H,29,30,32). The van der Waals surface area contributed by atoms with Crippen molar-refractivity contribution in [2.24, 2.45) is 5.41 Å². The molecule has 0 saturated carbocycles. The number of carbonyl (C=O) groups is 1. The van der Waals surface area contributed by atoms with Gasteiger partial charge in [-0.3, -0.25) is 4.79 Å². The zero-order valence-corrected chi connectivity index (χ0v) is 22.8. The molecule has 12 heteroatoms. The normalized spacial score (nSPS) is 17.1. The Morgan fingerprint density at radius 1 is 1.13 bits per heavy atom. The van der Waals surface area contributed by atoms with Gasteiger partial charge in [-0.15, -0.1) is 5.10 Å². The Morgan fingerprint density at radius 3 is 2.67 bits per heavy atom. The molecule has 2 aliphatic rings. The van der Waals surface area contributed by atoms with E-state index in [0.717, 1.165) is 53.9 Å². The molecular weight excluding hydrogens is 518 g/mol. The number of benzene rings is 1. The number of nitrogens with zero attached hydrogens (tertiary/aromatic N) is 7. The minimum atomic E-state index is -0.552. The van der Waals surface area contributed by atoms with Crippen molar-refractivity contribution in [1.82, 2.24) is 34.9 Å². The summed E-state index contributed by atoms with van der Waals surface area (Å²) in [6.07, 6.45) is 9.07. The minimum absolute atomic E-state index is 0.0562. The number of halogens is 1. The van der Waals surface area contributed by atoms with Gasteiger partial charge in [0.15, 0.2) is 6.73 Å². The van der Waals surface area contributed by atoms with Crippen molar-refractivity contribution >= 4 is 29.5 Å². The number of H-pyrrole nitrogens is 1. The first-order valence-corrected chi connectivity index (χ1v) is 13.3. The van der Waals surface area contributed by atoms with Crippen molar-refractivity contribution in [3.63, 3.8) is 0 Å². The molecule has 1 unspecified atom stereocenters. The van der Waals surface area contributed by atoms with Crippen molar-refractivity contribution in [2.45, 2.75) is 52.3 Å². The van der Waals surface area contributed by atoms with Gasteiger partial charge in [-0.25, -0.2) is 19.6 Å². The molecule has 6 rings (SSSR count). The maximum absolute atomic E-state index is 12.0. The Labute approximate surface area is 231 Å². The summed E-state index contributed by atoms with van der Waals surface area (Å²) in [7, 11) is 0. The lowest BCUT2D eigenvalue weighted by atomic mass is 9.97. The molecule has 39 heavy (non-hydrogen) atoms. The van der Waals surface area contributed by atoms with Crippen LogP contribution in [0.2, 0.25) is 5.02 Å². The zero-order valence-electron chi connectivity index (χ0n) is 22.1. The van der Waals surface area contributed by atoms with Gasteiger partial charge in [0.25, 0.3) is 0 Å². The predicted molar refractivity (Wildman–Crippen MR) is 146 cm³/mol. The van der Waals surface area contributed by atoms with Gasteiger partial charge in [0.2, 0.25) is 11.9 Å². The smallest absolute Gasteiger partial charge is 0.313 e. The van der Waals surface area contributed by atoms with E-state index in [0.29, 0.717) is 5.95 Å². The summed E-state index contributed by atoms with van der Waals surface area (Å²) in [4.78, 5) is 31.1.